The summed E-state index contributed by atoms with van der Waals surface area (Å²) in [5.41, 5.74) is 4.54. The first-order valence-corrected chi connectivity index (χ1v) is 11.7. The molecule has 0 atom stereocenters. The maximum atomic E-state index is 12.3. The second-order valence-electron chi connectivity index (χ2n) is 6.72. The SMILES string of the molecule is CCOc1ccc(C(=O)N/N=C/c2cc(I)c(OCc3ccc(Cl)cc3Cl)c(OC)c2)cc1. The molecule has 0 aliphatic rings. The van der Waals surface area contributed by atoms with Gasteiger partial charge in [-0.15, -0.1) is 0 Å². The molecule has 0 unspecified atom stereocenters. The van der Waals surface area contributed by atoms with Crippen molar-refractivity contribution < 1.29 is 19.0 Å². The molecule has 0 fully saturated rings. The van der Waals surface area contributed by atoms with Gasteiger partial charge in [0.15, 0.2) is 11.5 Å². The molecule has 3 aromatic carbocycles. The van der Waals surface area contributed by atoms with Gasteiger partial charge in [0.25, 0.3) is 5.91 Å². The van der Waals surface area contributed by atoms with Gasteiger partial charge in [0, 0.05) is 21.2 Å². The van der Waals surface area contributed by atoms with E-state index in [-0.39, 0.29) is 12.5 Å². The fourth-order valence-electron chi connectivity index (χ4n) is 2.84. The quantitative estimate of drug-likeness (QED) is 0.177. The van der Waals surface area contributed by atoms with Crippen LogP contribution < -0.4 is 19.6 Å². The molecule has 9 heteroatoms. The van der Waals surface area contributed by atoms with E-state index in [2.05, 4.69) is 33.1 Å². The number of benzene rings is 3. The van der Waals surface area contributed by atoms with Crippen LogP contribution in [-0.2, 0) is 6.61 Å². The van der Waals surface area contributed by atoms with Gasteiger partial charge in [-0.2, -0.15) is 5.10 Å². The summed E-state index contributed by atoms with van der Waals surface area (Å²) in [5, 5.41) is 5.15. The average molecular weight is 599 g/mol. The summed E-state index contributed by atoms with van der Waals surface area (Å²) < 4.78 is 17.6. The highest BCUT2D eigenvalue weighted by Crippen LogP contribution is 2.35. The van der Waals surface area contributed by atoms with Crippen LogP contribution in [0.4, 0.5) is 0 Å². The van der Waals surface area contributed by atoms with E-state index in [4.69, 9.17) is 37.4 Å². The molecule has 0 aromatic heterocycles. The van der Waals surface area contributed by atoms with Gasteiger partial charge >= 0.3 is 0 Å². The Labute approximate surface area is 216 Å². The molecular weight excluding hydrogens is 578 g/mol. The van der Waals surface area contributed by atoms with Crippen LogP contribution in [0.5, 0.6) is 17.2 Å². The van der Waals surface area contributed by atoms with E-state index in [0.29, 0.717) is 39.5 Å². The standard InChI is InChI=1S/C24H21Cl2IN2O4/c1-3-32-19-8-5-16(6-9-19)24(30)29-28-13-15-10-21(27)23(22(11-15)31-2)33-14-17-4-7-18(25)12-20(17)26/h4-13H,3,14H2,1-2H3,(H,29,30)/b28-13+. The molecule has 6 nitrogen and oxygen atoms in total. The second kappa shape index (κ2) is 12.1. The molecule has 172 valence electrons. The number of hydrazone groups is 1. The third-order valence-electron chi connectivity index (χ3n) is 4.45. The first-order valence-electron chi connectivity index (χ1n) is 9.91. The van der Waals surface area contributed by atoms with E-state index < -0.39 is 0 Å². The molecular formula is C24H21Cl2IN2O4. The van der Waals surface area contributed by atoms with E-state index in [1.54, 1.807) is 49.6 Å². The average Bonchev–Trinajstić information content (AvgIpc) is 2.79. The Morgan fingerprint density at radius 2 is 1.85 bits per heavy atom. The van der Waals surface area contributed by atoms with E-state index in [0.717, 1.165) is 14.7 Å². The third kappa shape index (κ3) is 6.99. The number of carbonyl (C=O) groups excluding carboxylic acids is 1. The van der Waals surface area contributed by atoms with E-state index in [9.17, 15) is 4.79 Å². The summed E-state index contributed by atoms with van der Waals surface area (Å²) in [5.74, 6) is 1.50. The summed E-state index contributed by atoms with van der Waals surface area (Å²) in [7, 11) is 1.56. The largest absolute Gasteiger partial charge is 0.494 e. The van der Waals surface area contributed by atoms with Crippen molar-refractivity contribution in [3.05, 3.63) is 84.9 Å². The van der Waals surface area contributed by atoms with Gasteiger partial charge in [0.05, 0.1) is 23.5 Å². The molecule has 0 saturated carbocycles. The monoisotopic (exact) mass is 598 g/mol. The lowest BCUT2D eigenvalue weighted by Crippen LogP contribution is -2.17. The summed E-state index contributed by atoms with van der Waals surface area (Å²) in [6.45, 7) is 2.73. The molecule has 0 heterocycles. The molecule has 33 heavy (non-hydrogen) atoms. The first-order chi connectivity index (χ1) is 15.9. The van der Waals surface area contributed by atoms with Crippen LogP contribution in [0.15, 0.2) is 59.7 Å². The van der Waals surface area contributed by atoms with Crippen molar-refractivity contribution in [3.63, 3.8) is 0 Å². The minimum Gasteiger partial charge on any atom is -0.494 e. The number of hydrogen-bond acceptors (Lipinski definition) is 5. The molecule has 0 spiro atoms. The lowest BCUT2D eigenvalue weighted by molar-refractivity contribution is 0.0955. The van der Waals surface area contributed by atoms with Crippen molar-refractivity contribution in [2.24, 2.45) is 5.10 Å². The van der Waals surface area contributed by atoms with Crippen LogP contribution in [0.3, 0.4) is 0 Å². The molecule has 0 bridgehead atoms. The summed E-state index contributed by atoms with van der Waals surface area (Å²) in [6.07, 6.45) is 1.54. The maximum absolute atomic E-state index is 12.3. The molecule has 1 amide bonds. The Bertz CT molecular complexity index is 1150. The van der Waals surface area contributed by atoms with Gasteiger partial charge in [0.1, 0.15) is 12.4 Å². The molecule has 1 N–H and O–H groups in total. The minimum atomic E-state index is -0.323. The number of hydrogen-bond donors (Lipinski definition) is 1. The zero-order valence-electron chi connectivity index (χ0n) is 17.9. The van der Waals surface area contributed by atoms with Crippen LogP contribution in [0.2, 0.25) is 10.0 Å². The molecule has 0 saturated heterocycles. The zero-order chi connectivity index (χ0) is 23.8. The van der Waals surface area contributed by atoms with Crippen molar-refractivity contribution in [2.45, 2.75) is 13.5 Å². The van der Waals surface area contributed by atoms with Gasteiger partial charge in [-0.1, -0.05) is 29.3 Å². The van der Waals surface area contributed by atoms with Crippen molar-refractivity contribution in [2.75, 3.05) is 13.7 Å². The summed E-state index contributed by atoms with van der Waals surface area (Å²) in [4.78, 5) is 12.3. The lowest BCUT2D eigenvalue weighted by atomic mass is 10.2. The van der Waals surface area contributed by atoms with Gasteiger partial charge in [-0.25, -0.2) is 5.43 Å². The van der Waals surface area contributed by atoms with Gasteiger partial charge in [-0.05, 0) is 83.6 Å². The zero-order valence-corrected chi connectivity index (χ0v) is 21.6. The van der Waals surface area contributed by atoms with Crippen LogP contribution in [0, 0.1) is 3.57 Å². The number of ether oxygens (including phenoxy) is 3. The predicted octanol–water partition coefficient (Wildman–Crippen LogP) is 6.35. The highest BCUT2D eigenvalue weighted by atomic mass is 127. The number of amides is 1. The second-order valence-corrected chi connectivity index (χ2v) is 8.72. The van der Waals surface area contributed by atoms with Gasteiger partial charge < -0.3 is 14.2 Å². The Balaban J connectivity index is 1.66. The Kier molecular flexibility index (Phi) is 9.22. The predicted molar refractivity (Wildman–Crippen MR) is 139 cm³/mol. The number of nitrogens with one attached hydrogen (secondary N) is 1. The molecule has 0 aliphatic heterocycles. The van der Waals surface area contributed by atoms with Crippen molar-refractivity contribution in [1.82, 2.24) is 5.43 Å². The number of carbonyl (C=O) groups is 1. The number of rotatable bonds is 9. The van der Waals surface area contributed by atoms with Crippen molar-refractivity contribution >= 4 is 57.9 Å². The summed E-state index contributed by atoms with van der Waals surface area (Å²) in [6, 6.07) is 15.7. The first kappa shape index (κ1) is 25.1. The number of methoxy groups -OCH3 is 1. The van der Waals surface area contributed by atoms with Crippen LogP contribution in [0.25, 0.3) is 0 Å². The highest BCUT2D eigenvalue weighted by molar-refractivity contribution is 14.1. The Morgan fingerprint density at radius 1 is 1.09 bits per heavy atom. The normalized spacial score (nSPS) is 10.8. The molecule has 3 rings (SSSR count). The Morgan fingerprint density at radius 3 is 2.52 bits per heavy atom. The van der Waals surface area contributed by atoms with E-state index >= 15 is 0 Å². The van der Waals surface area contributed by atoms with Crippen molar-refractivity contribution in [1.29, 1.82) is 0 Å². The topological polar surface area (TPSA) is 69.2 Å². The fourth-order valence-corrected chi connectivity index (χ4v) is 4.09. The minimum absolute atomic E-state index is 0.258. The molecule has 3 aromatic rings. The van der Waals surface area contributed by atoms with Crippen LogP contribution >= 0.6 is 45.8 Å². The van der Waals surface area contributed by atoms with Crippen LogP contribution in [0.1, 0.15) is 28.4 Å². The smallest absolute Gasteiger partial charge is 0.271 e. The molecule has 0 aliphatic carbocycles. The summed E-state index contributed by atoms with van der Waals surface area (Å²) >= 11 is 14.3. The lowest BCUT2D eigenvalue weighted by Gasteiger charge is -2.14. The third-order valence-corrected chi connectivity index (χ3v) is 5.83. The van der Waals surface area contributed by atoms with E-state index in [1.165, 1.54) is 6.21 Å². The van der Waals surface area contributed by atoms with Crippen molar-refractivity contribution in [3.8, 4) is 17.2 Å². The number of halogens is 3. The van der Waals surface area contributed by atoms with E-state index in [1.807, 2.05) is 19.1 Å². The van der Waals surface area contributed by atoms with Gasteiger partial charge in [0.2, 0.25) is 0 Å². The van der Waals surface area contributed by atoms with Gasteiger partial charge in [-0.3, -0.25) is 4.79 Å². The Hall–Kier alpha value is -2.49. The number of nitrogens with zero attached hydrogens (tertiary/aromatic N) is 1. The highest BCUT2D eigenvalue weighted by Gasteiger charge is 2.13. The maximum Gasteiger partial charge on any atom is 0.271 e. The molecule has 0 radical (unpaired) electrons. The fraction of sp³-hybridized carbons (Fsp3) is 0.167. The van der Waals surface area contributed by atoms with Crippen LogP contribution in [-0.4, -0.2) is 25.8 Å².